The number of urea groups is 1. The second-order valence-corrected chi connectivity index (χ2v) is 7.25. The molecule has 1 rings (SSSR count). The van der Waals surface area contributed by atoms with Gasteiger partial charge in [-0.05, 0) is 32.1 Å². The first-order chi connectivity index (χ1) is 9.03. The van der Waals surface area contributed by atoms with Gasteiger partial charge in [-0.15, -0.1) is 0 Å². The fourth-order valence-electron chi connectivity index (χ4n) is 2.00. The second-order valence-electron chi connectivity index (χ2n) is 4.78. The number of nitrogens with one attached hydrogen (secondary N) is 2. The highest BCUT2D eigenvalue weighted by Crippen LogP contribution is 2.19. The molecule has 0 saturated carbocycles. The molecule has 0 aromatic carbocycles. The van der Waals surface area contributed by atoms with Crippen LogP contribution in [0.25, 0.3) is 0 Å². The van der Waals surface area contributed by atoms with Crippen molar-refractivity contribution >= 4 is 15.9 Å². The van der Waals surface area contributed by atoms with Crippen molar-refractivity contribution in [2.75, 3.05) is 24.6 Å². The van der Waals surface area contributed by atoms with Gasteiger partial charge in [0.15, 0.2) is 9.84 Å². The predicted molar refractivity (Wildman–Crippen MR) is 76.9 cm³/mol. The van der Waals surface area contributed by atoms with Crippen LogP contribution in [-0.2, 0) is 9.84 Å². The van der Waals surface area contributed by atoms with Crippen LogP contribution in [0.15, 0.2) is 11.6 Å². The lowest BCUT2D eigenvalue weighted by Crippen LogP contribution is -2.38. The van der Waals surface area contributed by atoms with E-state index in [2.05, 4.69) is 16.7 Å². The molecule has 2 N–H and O–H groups in total. The van der Waals surface area contributed by atoms with E-state index in [1.807, 2.05) is 0 Å². The standard InChI is InChI=1S/C13H24N2O3S/c1-2-19(17,18)11-10-15-13(16)14-9-8-12-6-4-3-5-7-12/h6H,2-5,7-11H2,1H3,(H2,14,15,16). The lowest BCUT2D eigenvalue weighted by molar-refractivity contribution is 0.241. The summed E-state index contributed by atoms with van der Waals surface area (Å²) in [5, 5.41) is 5.31. The molecule has 0 aromatic heterocycles. The van der Waals surface area contributed by atoms with Crippen LogP contribution in [-0.4, -0.2) is 39.0 Å². The predicted octanol–water partition coefficient (Wildman–Crippen LogP) is 1.61. The number of hydrogen-bond donors (Lipinski definition) is 2. The van der Waals surface area contributed by atoms with Gasteiger partial charge in [-0.1, -0.05) is 18.6 Å². The average molecular weight is 288 g/mol. The molecule has 0 spiro atoms. The molecule has 5 nitrogen and oxygen atoms in total. The van der Waals surface area contributed by atoms with E-state index in [9.17, 15) is 13.2 Å². The van der Waals surface area contributed by atoms with Crippen molar-refractivity contribution in [3.63, 3.8) is 0 Å². The first-order valence-corrected chi connectivity index (χ1v) is 8.75. The minimum Gasteiger partial charge on any atom is -0.338 e. The third-order valence-electron chi connectivity index (χ3n) is 3.26. The van der Waals surface area contributed by atoms with Crippen molar-refractivity contribution in [3.05, 3.63) is 11.6 Å². The van der Waals surface area contributed by atoms with E-state index in [0.29, 0.717) is 6.54 Å². The zero-order valence-corrected chi connectivity index (χ0v) is 12.4. The Bertz CT molecular complexity index is 416. The molecule has 0 bridgehead atoms. The Kier molecular flexibility index (Phi) is 6.91. The number of carbonyl (C=O) groups is 1. The normalized spacial score (nSPS) is 15.7. The summed E-state index contributed by atoms with van der Waals surface area (Å²) in [7, 11) is -3.00. The summed E-state index contributed by atoms with van der Waals surface area (Å²) in [6.45, 7) is 2.39. The van der Waals surface area contributed by atoms with E-state index in [-0.39, 0.29) is 24.1 Å². The van der Waals surface area contributed by atoms with E-state index in [1.54, 1.807) is 6.92 Å². The zero-order valence-electron chi connectivity index (χ0n) is 11.6. The number of hydrogen-bond acceptors (Lipinski definition) is 3. The number of carbonyl (C=O) groups excluding carboxylic acids is 1. The molecule has 19 heavy (non-hydrogen) atoms. The molecule has 0 heterocycles. The van der Waals surface area contributed by atoms with E-state index in [1.165, 1.54) is 18.4 Å². The summed E-state index contributed by atoms with van der Waals surface area (Å²) in [5.74, 6) is 0.118. The number of rotatable bonds is 7. The van der Waals surface area contributed by atoms with Gasteiger partial charge in [0.2, 0.25) is 0 Å². The Morgan fingerprint density at radius 3 is 2.63 bits per heavy atom. The molecule has 6 heteroatoms. The van der Waals surface area contributed by atoms with Crippen molar-refractivity contribution in [2.24, 2.45) is 0 Å². The van der Waals surface area contributed by atoms with Crippen LogP contribution >= 0.6 is 0 Å². The highest BCUT2D eigenvalue weighted by Gasteiger charge is 2.08. The minimum absolute atomic E-state index is 0.00206. The van der Waals surface area contributed by atoms with E-state index >= 15 is 0 Å². The van der Waals surface area contributed by atoms with Gasteiger partial charge in [0.25, 0.3) is 0 Å². The highest BCUT2D eigenvalue weighted by molar-refractivity contribution is 7.91. The summed E-state index contributed by atoms with van der Waals surface area (Å²) in [6.07, 6.45) is 7.95. The Morgan fingerprint density at radius 1 is 1.26 bits per heavy atom. The third kappa shape index (κ3) is 7.20. The van der Waals surface area contributed by atoms with E-state index in [0.717, 1.165) is 19.3 Å². The Labute approximate surface area is 115 Å². The van der Waals surface area contributed by atoms with Gasteiger partial charge in [0.1, 0.15) is 0 Å². The third-order valence-corrected chi connectivity index (χ3v) is 4.96. The summed E-state index contributed by atoms with van der Waals surface area (Å²) < 4.78 is 22.4. The lowest BCUT2D eigenvalue weighted by atomic mass is 9.97. The van der Waals surface area contributed by atoms with Crippen molar-refractivity contribution < 1.29 is 13.2 Å². The Balaban J connectivity index is 2.09. The van der Waals surface area contributed by atoms with Crippen LogP contribution < -0.4 is 10.6 Å². The minimum atomic E-state index is -3.00. The Hall–Kier alpha value is -1.04. The fraction of sp³-hybridized carbons (Fsp3) is 0.769. The first-order valence-electron chi connectivity index (χ1n) is 6.93. The second kappa shape index (κ2) is 8.19. The molecule has 0 aromatic rings. The van der Waals surface area contributed by atoms with Gasteiger partial charge in [-0.3, -0.25) is 0 Å². The zero-order chi connectivity index (χ0) is 14.1. The molecule has 0 fully saturated rings. The monoisotopic (exact) mass is 288 g/mol. The summed E-state index contributed by atoms with van der Waals surface area (Å²) in [5.41, 5.74) is 1.42. The number of amides is 2. The van der Waals surface area contributed by atoms with Crippen LogP contribution in [0.4, 0.5) is 4.79 Å². The van der Waals surface area contributed by atoms with Crippen molar-refractivity contribution in [3.8, 4) is 0 Å². The van der Waals surface area contributed by atoms with Crippen LogP contribution in [0.3, 0.4) is 0 Å². The maximum Gasteiger partial charge on any atom is 0.314 e. The quantitative estimate of drug-likeness (QED) is 0.699. The fourth-order valence-corrected chi connectivity index (χ4v) is 2.70. The van der Waals surface area contributed by atoms with Gasteiger partial charge in [0.05, 0.1) is 5.75 Å². The molecular formula is C13H24N2O3S. The van der Waals surface area contributed by atoms with Crippen LogP contribution in [0.5, 0.6) is 0 Å². The lowest BCUT2D eigenvalue weighted by Gasteiger charge is -2.13. The average Bonchev–Trinajstić information content (AvgIpc) is 2.40. The Morgan fingerprint density at radius 2 is 2.00 bits per heavy atom. The maximum absolute atomic E-state index is 11.4. The van der Waals surface area contributed by atoms with E-state index in [4.69, 9.17) is 0 Å². The molecule has 0 unspecified atom stereocenters. The summed E-state index contributed by atoms with van der Waals surface area (Å²) >= 11 is 0. The van der Waals surface area contributed by atoms with Gasteiger partial charge >= 0.3 is 6.03 Å². The number of sulfone groups is 1. The van der Waals surface area contributed by atoms with Crippen LogP contribution in [0.1, 0.15) is 39.0 Å². The maximum atomic E-state index is 11.4. The topological polar surface area (TPSA) is 75.3 Å². The smallest absolute Gasteiger partial charge is 0.314 e. The molecule has 0 radical (unpaired) electrons. The van der Waals surface area contributed by atoms with Gasteiger partial charge in [-0.25, -0.2) is 13.2 Å². The van der Waals surface area contributed by atoms with E-state index < -0.39 is 9.84 Å². The highest BCUT2D eigenvalue weighted by atomic mass is 32.2. The van der Waals surface area contributed by atoms with Crippen molar-refractivity contribution in [1.29, 1.82) is 0 Å². The molecular weight excluding hydrogens is 264 g/mol. The van der Waals surface area contributed by atoms with Gasteiger partial charge in [0, 0.05) is 18.8 Å². The van der Waals surface area contributed by atoms with Gasteiger partial charge in [-0.2, -0.15) is 0 Å². The first kappa shape index (κ1) is 16.0. The molecule has 1 aliphatic rings. The van der Waals surface area contributed by atoms with Gasteiger partial charge < -0.3 is 10.6 Å². The molecule has 2 amide bonds. The molecule has 0 aliphatic heterocycles. The number of allylic oxidation sites excluding steroid dienone is 1. The molecule has 0 atom stereocenters. The largest absolute Gasteiger partial charge is 0.338 e. The summed E-state index contributed by atoms with van der Waals surface area (Å²) in [6, 6.07) is -0.289. The summed E-state index contributed by atoms with van der Waals surface area (Å²) in [4.78, 5) is 11.4. The van der Waals surface area contributed by atoms with Crippen LogP contribution in [0, 0.1) is 0 Å². The molecule has 110 valence electrons. The van der Waals surface area contributed by atoms with Crippen molar-refractivity contribution in [2.45, 2.75) is 39.0 Å². The molecule has 1 aliphatic carbocycles. The molecule has 0 saturated heterocycles. The SMILES string of the molecule is CCS(=O)(=O)CCNC(=O)NCCC1=CCCCC1. The van der Waals surface area contributed by atoms with Crippen molar-refractivity contribution in [1.82, 2.24) is 10.6 Å². The van der Waals surface area contributed by atoms with Crippen LogP contribution in [0.2, 0.25) is 0 Å².